The molecule has 6 nitrogen and oxygen atoms in total. The van der Waals surface area contributed by atoms with Gasteiger partial charge in [-0.2, -0.15) is 16.9 Å². The normalized spacial score (nSPS) is 19.4. The highest BCUT2D eigenvalue weighted by molar-refractivity contribution is 7.98. The lowest BCUT2D eigenvalue weighted by Gasteiger charge is -2.17. The number of thioether (sulfide) groups is 1. The summed E-state index contributed by atoms with van der Waals surface area (Å²) in [6.45, 7) is 0.361. The summed E-state index contributed by atoms with van der Waals surface area (Å²) in [6.07, 6.45) is 0.202. The molecule has 1 fully saturated rings. The van der Waals surface area contributed by atoms with Crippen molar-refractivity contribution < 1.29 is 9.59 Å². The number of fused-ring (bicyclic) bond motifs is 1. The van der Waals surface area contributed by atoms with Gasteiger partial charge in [0.1, 0.15) is 5.82 Å². The summed E-state index contributed by atoms with van der Waals surface area (Å²) in [5.74, 6) is 1.90. The van der Waals surface area contributed by atoms with E-state index in [0.29, 0.717) is 11.6 Å². The second-order valence-corrected chi connectivity index (χ2v) is 7.69. The first-order valence-electron chi connectivity index (χ1n) is 8.02. The second kappa shape index (κ2) is 6.38. The summed E-state index contributed by atoms with van der Waals surface area (Å²) in [6, 6.07) is 7.13. The largest absolute Gasteiger partial charge is 0.312 e. The Labute approximate surface area is 154 Å². The number of hydrogen-bond acceptors (Lipinski definition) is 4. The third kappa shape index (κ3) is 3.02. The molecule has 1 N–H and O–H groups in total. The fourth-order valence-corrected chi connectivity index (χ4v) is 4.51. The molecule has 2 amide bonds. The average Bonchev–Trinajstić information content (AvgIpc) is 3.24. The topological polar surface area (TPSA) is 67.2 Å². The van der Waals surface area contributed by atoms with Crippen LogP contribution in [0.5, 0.6) is 0 Å². The summed E-state index contributed by atoms with van der Waals surface area (Å²) in [7, 11) is 1.83. The highest BCUT2D eigenvalue weighted by Gasteiger charge is 2.36. The first-order valence-corrected chi connectivity index (χ1v) is 9.55. The molecule has 25 heavy (non-hydrogen) atoms. The minimum Gasteiger partial charge on any atom is -0.312 e. The average molecular weight is 377 g/mol. The van der Waals surface area contributed by atoms with Crippen molar-refractivity contribution in [1.82, 2.24) is 9.78 Å². The third-order valence-corrected chi connectivity index (χ3v) is 5.78. The molecule has 2 aliphatic heterocycles. The Bertz CT molecular complexity index is 866. The number of rotatable bonds is 3. The van der Waals surface area contributed by atoms with Crippen LogP contribution in [-0.4, -0.2) is 28.1 Å². The molecule has 0 unspecified atom stereocenters. The van der Waals surface area contributed by atoms with Crippen LogP contribution in [-0.2, 0) is 28.1 Å². The number of hydrogen-bond donors (Lipinski definition) is 1. The van der Waals surface area contributed by atoms with E-state index in [2.05, 4.69) is 10.4 Å². The number of carbonyl (C=O) groups excluding carboxylic acids is 2. The fourth-order valence-electron chi connectivity index (χ4n) is 3.29. The fraction of sp³-hybridized carbons (Fsp3) is 0.353. The van der Waals surface area contributed by atoms with E-state index in [4.69, 9.17) is 11.6 Å². The van der Waals surface area contributed by atoms with Crippen molar-refractivity contribution in [3.8, 4) is 0 Å². The molecule has 0 radical (unpaired) electrons. The van der Waals surface area contributed by atoms with E-state index in [1.54, 1.807) is 39.5 Å². The zero-order valence-corrected chi connectivity index (χ0v) is 15.2. The van der Waals surface area contributed by atoms with E-state index < -0.39 is 0 Å². The summed E-state index contributed by atoms with van der Waals surface area (Å²) in [4.78, 5) is 26.7. The monoisotopic (exact) mass is 376 g/mol. The van der Waals surface area contributed by atoms with Gasteiger partial charge in [-0.15, -0.1) is 0 Å². The highest BCUT2D eigenvalue weighted by Crippen LogP contribution is 2.35. The molecule has 8 heteroatoms. The minimum atomic E-state index is -0.383. The maximum Gasteiger partial charge on any atom is 0.230 e. The number of amides is 2. The molecule has 2 aromatic rings. The Morgan fingerprint density at radius 3 is 3.04 bits per heavy atom. The number of carbonyl (C=O) groups is 2. The molecule has 1 atom stereocenters. The lowest BCUT2D eigenvalue weighted by molar-refractivity contribution is -0.122. The van der Waals surface area contributed by atoms with Gasteiger partial charge in [-0.25, -0.2) is 0 Å². The van der Waals surface area contributed by atoms with Crippen LogP contribution in [0.15, 0.2) is 24.3 Å². The van der Waals surface area contributed by atoms with Crippen molar-refractivity contribution >= 4 is 46.7 Å². The molecule has 1 aromatic carbocycles. The number of benzene rings is 1. The first kappa shape index (κ1) is 16.5. The van der Waals surface area contributed by atoms with Gasteiger partial charge in [0.25, 0.3) is 0 Å². The van der Waals surface area contributed by atoms with Crippen molar-refractivity contribution in [3.63, 3.8) is 0 Å². The summed E-state index contributed by atoms with van der Waals surface area (Å²) in [5.41, 5.74) is 2.85. The molecular formula is C17H17ClN4O2S. The van der Waals surface area contributed by atoms with Gasteiger partial charge in [-0.1, -0.05) is 17.7 Å². The summed E-state index contributed by atoms with van der Waals surface area (Å²) >= 11 is 7.80. The van der Waals surface area contributed by atoms with Crippen molar-refractivity contribution in [2.45, 2.75) is 17.9 Å². The van der Waals surface area contributed by atoms with Gasteiger partial charge in [0.05, 0.1) is 11.6 Å². The van der Waals surface area contributed by atoms with Crippen LogP contribution in [0, 0.1) is 5.92 Å². The smallest absolute Gasteiger partial charge is 0.230 e. The lowest BCUT2D eigenvalue weighted by atomic mass is 10.1. The minimum absolute atomic E-state index is 0.0618. The zero-order valence-electron chi connectivity index (χ0n) is 13.7. The van der Waals surface area contributed by atoms with Crippen LogP contribution in [0.4, 0.5) is 11.5 Å². The van der Waals surface area contributed by atoms with Gasteiger partial charge in [-0.05, 0) is 18.2 Å². The Kier molecular flexibility index (Phi) is 4.21. The van der Waals surface area contributed by atoms with E-state index >= 15 is 0 Å². The zero-order chi connectivity index (χ0) is 17.6. The predicted molar refractivity (Wildman–Crippen MR) is 98.7 cm³/mol. The molecule has 1 saturated heterocycles. The summed E-state index contributed by atoms with van der Waals surface area (Å²) in [5, 5.41) is 8.00. The van der Waals surface area contributed by atoms with Crippen molar-refractivity contribution in [2.24, 2.45) is 13.0 Å². The van der Waals surface area contributed by atoms with Crippen LogP contribution >= 0.6 is 23.4 Å². The van der Waals surface area contributed by atoms with E-state index in [1.807, 2.05) is 13.1 Å². The molecule has 2 aliphatic rings. The Balaban J connectivity index is 1.50. The molecule has 0 spiro atoms. The van der Waals surface area contributed by atoms with Gasteiger partial charge in [0, 0.05) is 47.8 Å². The molecule has 0 bridgehead atoms. The maximum atomic E-state index is 12.7. The van der Waals surface area contributed by atoms with E-state index in [9.17, 15) is 9.59 Å². The van der Waals surface area contributed by atoms with Gasteiger partial charge < -0.3 is 10.2 Å². The third-order valence-electron chi connectivity index (χ3n) is 4.57. The molecular weight excluding hydrogens is 360 g/mol. The number of anilines is 2. The van der Waals surface area contributed by atoms with E-state index in [-0.39, 0.29) is 24.2 Å². The Hall–Kier alpha value is -1.99. The summed E-state index contributed by atoms with van der Waals surface area (Å²) < 4.78 is 1.72. The van der Waals surface area contributed by atoms with Gasteiger partial charge in [0.15, 0.2) is 0 Å². The SMILES string of the molecule is Cn1nc2c(c1NC(=O)[C@@H]1CC(=O)N(c3cccc(Cl)c3)C1)CSC2. The van der Waals surface area contributed by atoms with Crippen LogP contribution in [0.1, 0.15) is 17.7 Å². The molecule has 4 rings (SSSR count). The second-order valence-electron chi connectivity index (χ2n) is 6.26. The molecule has 0 aliphatic carbocycles. The van der Waals surface area contributed by atoms with E-state index in [0.717, 1.165) is 34.3 Å². The first-order chi connectivity index (χ1) is 12.0. The van der Waals surface area contributed by atoms with Gasteiger partial charge in [0.2, 0.25) is 11.8 Å². The maximum absolute atomic E-state index is 12.7. The van der Waals surface area contributed by atoms with Gasteiger partial charge in [-0.3, -0.25) is 14.3 Å². The quantitative estimate of drug-likeness (QED) is 0.894. The standard InChI is InChI=1S/C17H17ClN4O2S/c1-21-16(13-8-25-9-14(13)20-21)19-17(24)10-5-15(23)22(7-10)12-4-2-3-11(18)6-12/h2-4,6,10H,5,7-9H2,1H3,(H,19,24)/t10-/m1/s1. The van der Waals surface area contributed by atoms with Crippen molar-refractivity contribution in [2.75, 3.05) is 16.8 Å². The highest BCUT2D eigenvalue weighted by atomic mass is 35.5. The Morgan fingerprint density at radius 1 is 1.40 bits per heavy atom. The van der Waals surface area contributed by atoms with Crippen LogP contribution in [0.3, 0.4) is 0 Å². The van der Waals surface area contributed by atoms with Crippen LogP contribution < -0.4 is 10.2 Å². The van der Waals surface area contributed by atoms with Crippen molar-refractivity contribution in [1.29, 1.82) is 0 Å². The predicted octanol–water partition coefficient (Wildman–Crippen LogP) is 2.81. The van der Waals surface area contributed by atoms with E-state index in [1.165, 1.54) is 0 Å². The molecule has 3 heterocycles. The molecule has 1 aromatic heterocycles. The molecule has 130 valence electrons. The number of aromatic nitrogens is 2. The number of halogens is 1. The number of nitrogens with zero attached hydrogens (tertiary/aromatic N) is 3. The van der Waals surface area contributed by atoms with Gasteiger partial charge >= 0.3 is 0 Å². The Morgan fingerprint density at radius 2 is 2.24 bits per heavy atom. The lowest BCUT2D eigenvalue weighted by Crippen LogP contribution is -2.28. The van der Waals surface area contributed by atoms with Crippen LogP contribution in [0.2, 0.25) is 5.02 Å². The number of nitrogens with one attached hydrogen (secondary N) is 1. The number of aryl methyl sites for hydroxylation is 1. The van der Waals surface area contributed by atoms with Crippen molar-refractivity contribution in [3.05, 3.63) is 40.5 Å². The molecule has 0 saturated carbocycles. The van der Waals surface area contributed by atoms with Crippen LogP contribution in [0.25, 0.3) is 0 Å².